The molecule has 0 saturated heterocycles. The Balaban J connectivity index is 5.21. The van der Waals surface area contributed by atoms with Crippen molar-refractivity contribution in [2.75, 3.05) is 25.6 Å². The molecule has 0 unspecified atom stereocenters. The van der Waals surface area contributed by atoms with Crippen LogP contribution in [-0.4, -0.2) is 51.9 Å². The number of ether oxygens (including phenoxy) is 3. The zero-order valence-electron chi connectivity index (χ0n) is 17.7. The van der Waals surface area contributed by atoms with Crippen molar-refractivity contribution < 1.29 is 41.3 Å². The van der Waals surface area contributed by atoms with Gasteiger partial charge in [-0.1, -0.05) is 26.5 Å². The van der Waals surface area contributed by atoms with Crippen molar-refractivity contribution in [2.24, 2.45) is 11.3 Å². The molecule has 0 spiro atoms. The summed E-state index contributed by atoms with van der Waals surface area (Å²) in [5.74, 6) is 2.21. The second kappa shape index (κ2) is 13.1. The molecule has 30 heavy (non-hydrogen) atoms. The Bertz CT molecular complexity index is 713. The maximum atomic E-state index is 12.8. The van der Waals surface area contributed by atoms with Crippen LogP contribution in [0.25, 0.3) is 0 Å². The monoisotopic (exact) mass is 449 g/mol. The van der Waals surface area contributed by atoms with E-state index in [1.54, 1.807) is 6.92 Å². The Morgan fingerprint density at radius 3 is 1.83 bits per heavy atom. The predicted octanol–water partition coefficient (Wildman–Crippen LogP) is 1.56. The highest BCUT2D eigenvalue weighted by Crippen LogP contribution is 2.28. The average molecular weight is 450 g/mol. The Labute approximate surface area is 177 Å². The van der Waals surface area contributed by atoms with Crippen molar-refractivity contribution in [1.82, 2.24) is 0 Å². The molecule has 0 atom stereocenters. The van der Waals surface area contributed by atoms with Gasteiger partial charge in [0.1, 0.15) is 18.6 Å². The lowest BCUT2D eigenvalue weighted by atomic mass is 9.85. The van der Waals surface area contributed by atoms with Gasteiger partial charge >= 0.3 is 17.9 Å². The van der Waals surface area contributed by atoms with Crippen molar-refractivity contribution in [2.45, 2.75) is 46.5 Å². The molecule has 10 nitrogen and oxygen atoms in total. The zero-order chi connectivity index (χ0) is 23.4. The van der Waals surface area contributed by atoms with Gasteiger partial charge in [0, 0.05) is 11.1 Å². The third-order valence-electron chi connectivity index (χ3n) is 3.99. The summed E-state index contributed by atoms with van der Waals surface area (Å²) >= 11 is 0. The van der Waals surface area contributed by atoms with E-state index in [1.165, 1.54) is 13.8 Å². The van der Waals surface area contributed by atoms with Crippen molar-refractivity contribution >= 4 is 28.0 Å². The fraction of sp³-hybridized carbons (Fsp3) is 0.632. The summed E-state index contributed by atoms with van der Waals surface area (Å²) in [4.78, 5) is 36.4. The van der Waals surface area contributed by atoms with Crippen molar-refractivity contribution in [3.8, 4) is 0 Å². The summed E-state index contributed by atoms with van der Waals surface area (Å²) < 4.78 is 41.8. The molecule has 0 aliphatic carbocycles. The lowest BCUT2D eigenvalue weighted by Gasteiger charge is -2.30. The molecule has 0 saturated carbocycles. The van der Waals surface area contributed by atoms with E-state index in [4.69, 9.17) is 14.2 Å². The fourth-order valence-corrected chi connectivity index (χ4v) is 2.94. The molecular formula is C19H31NO9S. The van der Waals surface area contributed by atoms with Gasteiger partial charge in [-0.25, -0.2) is 9.59 Å². The summed E-state index contributed by atoms with van der Waals surface area (Å²) in [6, 6.07) is 0. The molecule has 2 N–H and O–H groups in total. The summed E-state index contributed by atoms with van der Waals surface area (Å²) in [5.41, 5.74) is -1.12. The molecule has 0 aromatic heterocycles. The van der Waals surface area contributed by atoms with Crippen LogP contribution in [0.5, 0.6) is 0 Å². The van der Waals surface area contributed by atoms with E-state index < -0.39 is 33.4 Å². The van der Waals surface area contributed by atoms with E-state index in [0.29, 0.717) is 6.42 Å². The number of carbonyl (C=O) groups is 3. The first-order valence-electron chi connectivity index (χ1n) is 9.34. The molecule has 0 amide bonds. The number of rotatable bonds is 15. The van der Waals surface area contributed by atoms with E-state index in [-0.39, 0.29) is 56.0 Å². The van der Waals surface area contributed by atoms with Crippen LogP contribution in [0.4, 0.5) is 0 Å². The lowest BCUT2D eigenvalue weighted by molar-refractivity contribution is -0.171. The standard InChI is InChI=1S/C19H31NO9S/c1-6-9-19(12-27-16(21)14(2)3,13-28-17(22)15(4)5)18(23)26-10-7-8-11-30(24,25)29-20/h2,4,6-13,20H2,1,3,5H3. The largest absolute Gasteiger partial charge is 0.465 e. The van der Waals surface area contributed by atoms with Crippen molar-refractivity contribution in [1.29, 1.82) is 0 Å². The molecule has 0 heterocycles. The number of hydrogen-bond donors (Lipinski definition) is 1. The summed E-state index contributed by atoms with van der Waals surface area (Å²) in [7, 11) is -3.80. The van der Waals surface area contributed by atoms with Gasteiger partial charge in [0.2, 0.25) is 0 Å². The number of unbranched alkanes of at least 4 members (excludes halogenated alkanes) is 1. The molecule has 0 radical (unpaired) electrons. The van der Waals surface area contributed by atoms with E-state index in [9.17, 15) is 22.8 Å². The normalized spacial score (nSPS) is 11.5. The smallest absolute Gasteiger partial charge is 0.333 e. The van der Waals surface area contributed by atoms with Gasteiger partial charge in [-0.05, 0) is 33.1 Å². The average Bonchev–Trinajstić information content (AvgIpc) is 2.68. The topological polar surface area (TPSA) is 148 Å². The van der Waals surface area contributed by atoms with Crippen LogP contribution in [0.1, 0.15) is 46.5 Å². The van der Waals surface area contributed by atoms with Gasteiger partial charge in [-0.3, -0.25) is 4.79 Å². The zero-order valence-corrected chi connectivity index (χ0v) is 18.5. The minimum absolute atomic E-state index is 0.0900. The van der Waals surface area contributed by atoms with E-state index >= 15 is 0 Å². The maximum absolute atomic E-state index is 12.8. The third-order valence-corrected chi connectivity index (χ3v) is 5.07. The number of nitrogens with two attached hydrogens (primary N) is 1. The molecule has 0 bridgehead atoms. The van der Waals surface area contributed by atoms with Gasteiger partial charge in [0.15, 0.2) is 0 Å². The van der Waals surface area contributed by atoms with Crippen LogP contribution in [0.3, 0.4) is 0 Å². The van der Waals surface area contributed by atoms with Gasteiger partial charge < -0.3 is 14.2 Å². The molecule has 0 aliphatic heterocycles. The second-order valence-corrected chi connectivity index (χ2v) is 8.66. The first kappa shape index (κ1) is 27.8. The first-order chi connectivity index (χ1) is 13.9. The van der Waals surface area contributed by atoms with Crippen LogP contribution < -0.4 is 5.90 Å². The number of carbonyl (C=O) groups excluding carboxylic acids is 3. The SMILES string of the molecule is C=C(C)C(=O)OCC(CCC)(COC(=O)C(=C)C)C(=O)OCCCCS(=O)(=O)ON. The van der Waals surface area contributed by atoms with E-state index in [1.807, 2.05) is 0 Å². The van der Waals surface area contributed by atoms with Crippen molar-refractivity contribution in [3.05, 3.63) is 24.3 Å². The Kier molecular flexibility index (Phi) is 12.2. The molecule has 0 rings (SSSR count). The molecule has 0 aromatic rings. The molecule has 0 fully saturated rings. The van der Waals surface area contributed by atoms with Crippen molar-refractivity contribution in [3.63, 3.8) is 0 Å². The van der Waals surface area contributed by atoms with Gasteiger partial charge in [0.25, 0.3) is 10.1 Å². The lowest BCUT2D eigenvalue weighted by Crippen LogP contribution is -2.43. The molecule has 0 aliphatic rings. The van der Waals surface area contributed by atoms with Crippen LogP contribution >= 0.6 is 0 Å². The highest BCUT2D eigenvalue weighted by atomic mass is 32.2. The first-order valence-corrected chi connectivity index (χ1v) is 10.9. The van der Waals surface area contributed by atoms with E-state index in [2.05, 4.69) is 23.3 Å². The van der Waals surface area contributed by atoms with Crippen LogP contribution in [-0.2, 0) is 43.0 Å². The molecular weight excluding hydrogens is 418 g/mol. The van der Waals surface area contributed by atoms with Gasteiger partial charge in [-0.15, -0.1) is 0 Å². The summed E-state index contributed by atoms with van der Waals surface area (Å²) in [6.07, 6.45) is 1.11. The quantitative estimate of drug-likeness (QED) is 0.128. The highest BCUT2D eigenvalue weighted by Gasteiger charge is 2.42. The Morgan fingerprint density at radius 1 is 0.933 bits per heavy atom. The van der Waals surface area contributed by atoms with Crippen LogP contribution in [0, 0.1) is 5.41 Å². The summed E-state index contributed by atoms with van der Waals surface area (Å²) in [6.45, 7) is 10.9. The molecule has 172 valence electrons. The fourth-order valence-electron chi connectivity index (χ4n) is 2.29. The van der Waals surface area contributed by atoms with Crippen LogP contribution in [0.15, 0.2) is 24.3 Å². The third kappa shape index (κ3) is 9.99. The van der Waals surface area contributed by atoms with Gasteiger partial charge in [-0.2, -0.15) is 18.6 Å². The minimum Gasteiger partial charge on any atom is -0.465 e. The minimum atomic E-state index is -3.80. The predicted molar refractivity (Wildman–Crippen MR) is 108 cm³/mol. The number of esters is 3. The molecule has 11 heteroatoms. The van der Waals surface area contributed by atoms with Gasteiger partial charge in [0.05, 0.1) is 12.4 Å². The Hall–Kier alpha value is -2.24. The van der Waals surface area contributed by atoms with E-state index in [0.717, 1.165) is 0 Å². The number of hydrogen-bond acceptors (Lipinski definition) is 10. The molecule has 0 aromatic carbocycles. The second-order valence-electron chi connectivity index (χ2n) is 6.94. The summed E-state index contributed by atoms with van der Waals surface area (Å²) in [5, 5.41) is 0. The highest BCUT2D eigenvalue weighted by molar-refractivity contribution is 7.86. The van der Waals surface area contributed by atoms with Crippen LogP contribution in [0.2, 0.25) is 0 Å². The maximum Gasteiger partial charge on any atom is 0.333 e. The Morgan fingerprint density at radius 2 is 1.43 bits per heavy atom.